The van der Waals surface area contributed by atoms with Crippen molar-refractivity contribution in [1.82, 2.24) is 0 Å². The minimum absolute atomic E-state index is 0.0599. The van der Waals surface area contributed by atoms with Crippen LogP contribution in [-0.2, 0) is 4.74 Å². The lowest BCUT2D eigenvalue weighted by Crippen LogP contribution is -2.41. The number of benzene rings is 1. The van der Waals surface area contributed by atoms with Crippen LogP contribution in [-0.4, -0.2) is 23.7 Å². The molecule has 3 N–H and O–H groups in total. The number of hydrogen-bond acceptors (Lipinski definition) is 3. The van der Waals surface area contributed by atoms with Gasteiger partial charge in [-0.2, -0.15) is 0 Å². The third-order valence-corrected chi connectivity index (χ3v) is 3.50. The standard InChI is InChI=1S/C13H17FN2OS/c1-13(4-6-17-7-5-13)16-11-3-2-9(14)8-10(11)12(15)18/h2-3,8,16H,4-7H2,1H3,(H2,15,18). The molecule has 1 aromatic rings. The van der Waals surface area contributed by atoms with E-state index in [0.29, 0.717) is 5.56 Å². The van der Waals surface area contributed by atoms with E-state index in [0.717, 1.165) is 31.7 Å². The van der Waals surface area contributed by atoms with Gasteiger partial charge in [0.2, 0.25) is 0 Å². The maximum atomic E-state index is 13.2. The van der Waals surface area contributed by atoms with Crippen molar-refractivity contribution < 1.29 is 9.13 Å². The molecule has 0 atom stereocenters. The smallest absolute Gasteiger partial charge is 0.124 e. The Balaban J connectivity index is 2.25. The summed E-state index contributed by atoms with van der Waals surface area (Å²) in [5.41, 5.74) is 6.91. The number of hydrogen-bond donors (Lipinski definition) is 2. The van der Waals surface area contributed by atoms with Gasteiger partial charge >= 0.3 is 0 Å². The van der Waals surface area contributed by atoms with E-state index in [2.05, 4.69) is 12.2 Å². The molecule has 0 amide bonds. The van der Waals surface area contributed by atoms with Gasteiger partial charge in [0.1, 0.15) is 10.8 Å². The highest BCUT2D eigenvalue weighted by Gasteiger charge is 2.27. The number of thiocarbonyl (C=S) groups is 1. The van der Waals surface area contributed by atoms with Crippen molar-refractivity contribution in [3.8, 4) is 0 Å². The molecule has 5 heteroatoms. The fourth-order valence-electron chi connectivity index (χ4n) is 2.10. The SMILES string of the molecule is CC1(Nc2ccc(F)cc2C(N)=S)CCOCC1. The Kier molecular flexibility index (Phi) is 3.82. The predicted octanol–water partition coefficient (Wildman–Crippen LogP) is 2.44. The number of nitrogens with two attached hydrogens (primary N) is 1. The molecule has 0 unspecified atom stereocenters. The van der Waals surface area contributed by atoms with Crippen molar-refractivity contribution in [2.24, 2.45) is 5.73 Å². The maximum Gasteiger partial charge on any atom is 0.124 e. The number of rotatable bonds is 3. The van der Waals surface area contributed by atoms with Crippen molar-refractivity contribution in [1.29, 1.82) is 0 Å². The molecule has 1 aliphatic heterocycles. The molecule has 0 spiro atoms. The van der Waals surface area contributed by atoms with E-state index in [1.54, 1.807) is 6.07 Å². The summed E-state index contributed by atoms with van der Waals surface area (Å²) in [6.45, 7) is 3.59. The van der Waals surface area contributed by atoms with E-state index in [-0.39, 0.29) is 16.3 Å². The molecule has 1 fully saturated rings. The van der Waals surface area contributed by atoms with Crippen LogP contribution in [0.25, 0.3) is 0 Å². The zero-order chi connectivity index (χ0) is 13.2. The van der Waals surface area contributed by atoms with Crippen LogP contribution < -0.4 is 11.1 Å². The van der Waals surface area contributed by atoms with Gasteiger partial charge < -0.3 is 15.8 Å². The van der Waals surface area contributed by atoms with Gasteiger partial charge in [0, 0.05) is 30.0 Å². The molecule has 1 aliphatic rings. The molecular weight excluding hydrogens is 251 g/mol. The molecule has 1 heterocycles. The Morgan fingerprint density at radius 1 is 1.44 bits per heavy atom. The lowest BCUT2D eigenvalue weighted by molar-refractivity contribution is 0.0658. The highest BCUT2D eigenvalue weighted by Crippen LogP contribution is 2.27. The summed E-state index contributed by atoms with van der Waals surface area (Å²) in [5, 5.41) is 3.42. The predicted molar refractivity (Wildman–Crippen MR) is 74.4 cm³/mol. The monoisotopic (exact) mass is 268 g/mol. The van der Waals surface area contributed by atoms with Crippen molar-refractivity contribution in [2.45, 2.75) is 25.3 Å². The van der Waals surface area contributed by atoms with Crippen LogP contribution in [0.4, 0.5) is 10.1 Å². The molecular formula is C13H17FN2OS. The Morgan fingerprint density at radius 2 is 2.11 bits per heavy atom. The van der Waals surface area contributed by atoms with Crippen LogP contribution in [0.15, 0.2) is 18.2 Å². The molecule has 1 saturated heterocycles. The summed E-state index contributed by atoms with van der Waals surface area (Å²) in [6.07, 6.45) is 1.81. The van der Waals surface area contributed by atoms with E-state index in [1.807, 2.05) is 0 Å². The Labute approximate surface area is 112 Å². The maximum absolute atomic E-state index is 13.2. The second kappa shape index (κ2) is 5.20. The minimum atomic E-state index is -0.333. The first-order chi connectivity index (χ1) is 8.50. The summed E-state index contributed by atoms with van der Waals surface area (Å²) in [5.74, 6) is -0.333. The minimum Gasteiger partial charge on any atom is -0.389 e. The van der Waals surface area contributed by atoms with E-state index in [1.165, 1.54) is 12.1 Å². The normalized spacial score (nSPS) is 18.3. The van der Waals surface area contributed by atoms with Gasteiger partial charge in [-0.15, -0.1) is 0 Å². The molecule has 0 saturated carbocycles. The highest BCUT2D eigenvalue weighted by molar-refractivity contribution is 7.80. The highest BCUT2D eigenvalue weighted by atomic mass is 32.1. The quantitative estimate of drug-likeness (QED) is 0.827. The van der Waals surface area contributed by atoms with Crippen molar-refractivity contribution in [3.63, 3.8) is 0 Å². The summed E-state index contributed by atoms with van der Waals surface area (Å²) in [4.78, 5) is 0.202. The van der Waals surface area contributed by atoms with Crippen LogP contribution in [0.5, 0.6) is 0 Å². The third kappa shape index (κ3) is 2.97. The van der Waals surface area contributed by atoms with Crippen LogP contribution >= 0.6 is 12.2 Å². The molecule has 98 valence electrons. The summed E-state index contributed by atoms with van der Waals surface area (Å²) in [6, 6.07) is 4.46. The van der Waals surface area contributed by atoms with E-state index in [9.17, 15) is 4.39 Å². The van der Waals surface area contributed by atoms with E-state index in [4.69, 9.17) is 22.7 Å². The molecule has 18 heavy (non-hydrogen) atoms. The van der Waals surface area contributed by atoms with Gasteiger partial charge in [-0.05, 0) is 38.0 Å². The molecule has 3 nitrogen and oxygen atoms in total. The molecule has 1 aromatic carbocycles. The average molecular weight is 268 g/mol. The molecule has 0 radical (unpaired) electrons. The Hall–Kier alpha value is -1.20. The molecule has 2 rings (SSSR count). The van der Waals surface area contributed by atoms with Crippen LogP contribution in [0, 0.1) is 5.82 Å². The van der Waals surface area contributed by atoms with Crippen LogP contribution in [0.2, 0.25) is 0 Å². The summed E-state index contributed by atoms with van der Waals surface area (Å²) in [7, 11) is 0. The number of nitrogens with one attached hydrogen (secondary N) is 1. The van der Waals surface area contributed by atoms with E-state index >= 15 is 0 Å². The molecule has 0 aliphatic carbocycles. The molecule has 0 aromatic heterocycles. The lowest BCUT2D eigenvalue weighted by Gasteiger charge is -2.36. The van der Waals surface area contributed by atoms with Crippen molar-refractivity contribution >= 4 is 22.9 Å². The van der Waals surface area contributed by atoms with Crippen LogP contribution in [0.3, 0.4) is 0 Å². The van der Waals surface area contributed by atoms with E-state index < -0.39 is 0 Å². The summed E-state index contributed by atoms with van der Waals surface area (Å²) < 4.78 is 18.6. The zero-order valence-corrected chi connectivity index (χ0v) is 11.1. The second-order valence-corrected chi connectivity index (χ2v) is 5.29. The Morgan fingerprint density at radius 3 is 2.72 bits per heavy atom. The number of ether oxygens (including phenoxy) is 1. The number of anilines is 1. The van der Waals surface area contributed by atoms with Gasteiger partial charge in [0.15, 0.2) is 0 Å². The first-order valence-corrected chi connectivity index (χ1v) is 6.36. The van der Waals surface area contributed by atoms with Gasteiger partial charge in [-0.1, -0.05) is 12.2 Å². The third-order valence-electron chi connectivity index (χ3n) is 3.28. The van der Waals surface area contributed by atoms with Crippen molar-refractivity contribution in [3.05, 3.63) is 29.6 Å². The first-order valence-electron chi connectivity index (χ1n) is 5.95. The second-order valence-electron chi connectivity index (χ2n) is 4.85. The largest absolute Gasteiger partial charge is 0.389 e. The Bertz CT molecular complexity index is 458. The topological polar surface area (TPSA) is 47.3 Å². The zero-order valence-electron chi connectivity index (χ0n) is 10.3. The lowest BCUT2D eigenvalue weighted by atomic mass is 9.91. The number of halogens is 1. The van der Waals surface area contributed by atoms with Crippen molar-refractivity contribution in [2.75, 3.05) is 18.5 Å². The van der Waals surface area contributed by atoms with Gasteiger partial charge in [-0.25, -0.2) is 4.39 Å². The average Bonchev–Trinajstić information content (AvgIpc) is 2.32. The fourth-order valence-corrected chi connectivity index (χ4v) is 2.27. The fraction of sp³-hybridized carbons (Fsp3) is 0.462. The van der Waals surface area contributed by atoms with Crippen LogP contribution in [0.1, 0.15) is 25.3 Å². The van der Waals surface area contributed by atoms with Gasteiger partial charge in [0.25, 0.3) is 0 Å². The molecule has 0 bridgehead atoms. The summed E-state index contributed by atoms with van der Waals surface area (Å²) >= 11 is 4.96. The van der Waals surface area contributed by atoms with Gasteiger partial charge in [-0.3, -0.25) is 0 Å². The van der Waals surface area contributed by atoms with Gasteiger partial charge in [0.05, 0.1) is 0 Å². The first kappa shape index (κ1) is 13.2.